The quantitative estimate of drug-likeness (QED) is 0.778. The highest BCUT2D eigenvalue weighted by Gasteiger charge is 2.20. The van der Waals surface area contributed by atoms with Crippen LogP contribution in [0, 0.1) is 0 Å². The van der Waals surface area contributed by atoms with Crippen molar-refractivity contribution < 1.29 is 4.52 Å². The molecule has 0 unspecified atom stereocenters. The molecule has 1 aromatic heterocycles. The molecule has 21 heavy (non-hydrogen) atoms. The smallest absolute Gasteiger partial charge is 0.138 e. The first-order valence-electron chi connectivity index (χ1n) is 7.14. The molecule has 0 aliphatic carbocycles. The average molecular weight is 278 g/mol. The van der Waals surface area contributed by atoms with Crippen LogP contribution in [0.2, 0.25) is 0 Å². The predicted octanol–water partition coefficient (Wildman–Crippen LogP) is 3.36. The Bertz CT molecular complexity index is 637. The minimum absolute atomic E-state index is 0.0858. The third-order valence-electron chi connectivity index (χ3n) is 3.53. The number of benzene rings is 2. The third-order valence-corrected chi connectivity index (χ3v) is 3.53. The van der Waals surface area contributed by atoms with Crippen LogP contribution in [0.5, 0.6) is 0 Å². The molecule has 3 aromatic rings. The molecule has 0 saturated carbocycles. The van der Waals surface area contributed by atoms with Crippen LogP contribution in [-0.4, -0.2) is 11.7 Å². The highest BCUT2D eigenvalue weighted by molar-refractivity contribution is 5.40. The fraction of sp³-hybridized carbons (Fsp3) is 0.167. The van der Waals surface area contributed by atoms with E-state index in [9.17, 15) is 0 Å². The van der Waals surface area contributed by atoms with Crippen molar-refractivity contribution in [1.82, 2.24) is 5.16 Å². The van der Waals surface area contributed by atoms with Gasteiger partial charge in [0.1, 0.15) is 5.76 Å². The monoisotopic (exact) mass is 278 g/mol. The second kappa shape index (κ2) is 6.37. The van der Waals surface area contributed by atoms with Crippen LogP contribution >= 0.6 is 0 Å². The van der Waals surface area contributed by atoms with Gasteiger partial charge >= 0.3 is 0 Å². The second-order valence-electron chi connectivity index (χ2n) is 5.01. The van der Waals surface area contributed by atoms with Gasteiger partial charge in [-0.1, -0.05) is 65.8 Å². The topological polar surface area (TPSA) is 52.0 Å². The van der Waals surface area contributed by atoms with Gasteiger partial charge in [0.25, 0.3) is 0 Å². The lowest BCUT2D eigenvalue weighted by Gasteiger charge is -2.15. The van der Waals surface area contributed by atoms with E-state index in [4.69, 9.17) is 10.3 Å². The molecule has 3 heteroatoms. The summed E-state index contributed by atoms with van der Waals surface area (Å²) >= 11 is 0. The molecule has 2 aromatic carbocycles. The number of hydrogen-bond acceptors (Lipinski definition) is 3. The van der Waals surface area contributed by atoms with E-state index in [0.29, 0.717) is 13.0 Å². The summed E-state index contributed by atoms with van der Waals surface area (Å²) in [6.07, 6.45) is 0.712. The maximum atomic E-state index is 5.58. The van der Waals surface area contributed by atoms with Gasteiger partial charge in [0.2, 0.25) is 0 Å². The molecule has 1 heterocycles. The third kappa shape index (κ3) is 3.03. The Labute approximate surface area is 124 Å². The first kappa shape index (κ1) is 13.6. The minimum Gasteiger partial charge on any atom is -0.361 e. The summed E-state index contributed by atoms with van der Waals surface area (Å²) in [5.41, 5.74) is 8.92. The highest BCUT2D eigenvalue weighted by atomic mass is 16.5. The molecule has 0 bridgehead atoms. The van der Waals surface area contributed by atoms with Crippen molar-refractivity contribution in [2.75, 3.05) is 6.54 Å². The van der Waals surface area contributed by atoms with Gasteiger partial charge in [-0.25, -0.2) is 0 Å². The van der Waals surface area contributed by atoms with Gasteiger partial charge < -0.3 is 10.3 Å². The maximum Gasteiger partial charge on any atom is 0.138 e. The lowest BCUT2D eigenvalue weighted by atomic mass is 9.88. The van der Waals surface area contributed by atoms with Crippen LogP contribution in [0.1, 0.15) is 28.5 Å². The van der Waals surface area contributed by atoms with E-state index in [-0.39, 0.29) is 5.92 Å². The van der Waals surface area contributed by atoms with Gasteiger partial charge in [0.15, 0.2) is 0 Å². The van der Waals surface area contributed by atoms with Gasteiger partial charge in [0, 0.05) is 12.5 Å². The Kier molecular flexibility index (Phi) is 4.12. The molecule has 0 fully saturated rings. The first-order chi connectivity index (χ1) is 10.4. The Morgan fingerprint density at radius 2 is 1.48 bits per heavy atom. The zero-order valence-corrected chi connectivity index (χ0v) is 11.8. The molecule has 0 atom stereocenters. The van der Waals surface area contributed by atoms with E-state index in [1.54, 1.807) is 0 Å². The Morgan fingerprint density at radius 1 is 0.905 bits per heavy atom. The fourth-order valence-electron chi connectivity index (χ4n) is 2.55. The second-order valence-corrected chi connectivity index (χ2v) is 5.01. The molecule has 0 aliphatic heterocycles. The predicted molar refractivity (Wildman–Crippen MR) is 83.1 cm³/mol. The Hall–Kier alpha value is -2.39. The summed E-state index contributed by atoms with van der Waals surface area (Å²) in [6.45, 7) is 0.565. The van der Waals surface area contributed by atoms with E-state index in [0.717, 1.165) is 11.5 Å². The number of hydrogen-bond donors (Lipinski definition) is 1. The summed E-state index contributed by atoms with van der Waals surface area (Å²) in [4.78, 5) is 0. The zero-order chi connectivity index (χ0) is 14.5. The van der Waals surface area contributed by atoms with Gasteiger partial charge in [-0.15, -0.1) is 0 Å². The normalized spacial score (nSPS) is 11.0. The van der Waals surface area contributed by atoms with E-state index in [2.05, 4.69) is 29.4 Å². The van der Waals surface area contributed by atoms with E-state index in [1.807, 2.05) is 42.5 Å². The van der Waals surface area contributed by atoms with Gasteiger partial charge in [-0.2, -0.15) is 0 Å². The van der Waals surface area contributed by atoms with E-state index >= 15 is 0 Å². The number of nitrogens with zero attached hydrogens (tertiary/aromatic N) is 1. The summed E-state index contributed by atoms with van der Waals surface area (Å²) in [5.74, 6) is 0.923. The van der Waals surface area contributed by atoms with Crippen LogP contribution in [0.3, 0.4) is 0 Å². The molecular formula is C18H18N2O. The SMILES string of the molecule is NCCc1cc(C(c2ccccc2)c2ccccc2)no1. The van der Waals surface area contributed by atoms with Gasteiger partial charge in [-0.3, -0.25) is 0 Å². The number of nitrogens with two attached hydrogens (primary N) is 1. The van der Waals surface area contributed by atoms with Crippen molar-refractivity contribution in [3.05, 3.63) is 89.3 Å². The molecule has 0 radical (unpaired) electrons. The van der Waals surface area contributed by atoms with Crippen molar-refractivity contribution in [2.45, 2.75) is 12.3 Å². The van der Waals surface area contributed by atoms with Crippen LogP contribution in [0.25, 0.3) is 0 Å². The van der Waals surface area contributed by atoms with Crippen LogP contribution in [0.15, 0.2) is 71.3 Å². The van der Waals surface area contributed by atoms with Crippen molar-refractivity contribution in [1.29, 1.82) is 0 Å². The highest BCUT2D eigenvalue weighted by Crippen LogP contribution is 2.31. The maximum absolute atomic E-state index is 5.58. The first-order valence-corrected chi connectivity index (χ1v) is 7.14. The van der Waals surface area contributed by atoms with Crippen LogP contribution in [-0.2, 0) is 6.42 Å². The fourth-order valence-corrected chi connectivity index (χ4v) is 2.55. The summed E-state index contributed by atoms with van der Waals surface area (Å²) in [5, 5.41) is 4.26. The van der Waals surface area contributed by atoms with Gasteiger partial charge in [-0.05, 0) is 17.7 Å². The lowest BCUT2D eigenvalue weighted by molar-refractivity contribution is 0.377. The molecule has 0 amide bonds. The molecule has 0 saturated heterocycles. The molecule has 106 valence electrons. The zero-order valence-electron chi connectivity index (χ0n) is 11.8. The molecule has 0 aliphatic rings. The summed E-state index contributed by atoms with van der Waals surface area (Å²) in [6, 6.07) is 22.7. The number of aromatic nitrogens is 1. The minimum atomic E-state index is 0.0858. The van der Waals surface area contributed by atoms with Crippen molar-refractivity contribution in [2.24, 2.45) is 5.73 Å². The number of rotatable bonds is 5. The van der Waals surface area contributed by atoms with E-state index in [1.165, 1.54) is 11.1 Å². The molecular weight excluding hydrogens is 260 g/mol. The van der Waals surface area contributed by atoms with Crippen molar-refractivity contribution in [3.63, 3.8) is 0 Å². The van der Waals surface area contributed by atoms with Crippen LogP contribution < -0.4 is 5.73 Å². The Balaban J connectivity index is 2.03. The largest absolute Gasteiger partial charge is 0.361 e. The van der Waals surface area contributed by atoms with Gasteiger partial charge in [0.05, 0.1) is 11.6 Å². The lowest BCUT2D eigenvalue weighted by Crippen LogP contribution is -2.04. The van der Waals surface area contributed by atoms with Crippen LogP contribution in [0.4, 0.5) is 0 Å². The van der Waals surface area contributed by atoms with Crippen molar-refractivity contribution in [3.8, 4) is 0 Å². The summed E-state index contributed by atoms with van der Waals surface area (Å²) < 4.78 is 5.40. The molecule has 2 N–H and O–H groups in total. The molecule has 3 nitrogen and oxygen atoms in total. The van der Waals surface area contributed by atoms with Crippen molar-refractivity contribution >= 4 is 0 Å². The molecule has 3 rings (SSSR count). The Morgan fingerprint density at radius 3 is 2.00 bits per heavy atom. The standard InChI is InChI=1S/C18H18N2O/c19-12-11-16-13-17(20-21-16)18(14-7-3-1-4-8-14)15-9-5-2-6-10-15/h1-10,13,18H,11-12,19H2. The average Bonchev–Trinajstić information content (AvgIpc) is 2.98. The summed E-state index contributed by atoms with van der Waals surface area (Å²) in [7, 11) is 0. The molecule has 0 spiro atoms. The van der Waals surface area contributed by atoms with E-state index < -0.39 is 0 Å².